The number of aromatic nitrogens is 3. The second-order valence-electron chi connectivity index (χ2n) is 3.72. The zero-order valence-electron chi connectivity index (χ0n) is 9.74. The van der Waals surface area contributed by atoms with E-state index in [4.69, 9.17) is 4.74 Å². The van der Waals surface area contributed by atoms with Gasteiger partial charge in [0, 0.05) is 12.6 Å². The highest BCUT2D eigenvalue weighted by Gasteiger charge is 2.01. The van der Waals surface area contributed by atoms with Crippen LogP contribution in [0.5, 0.6) is 6.01 Å². The van der Waals surface area contributed by atoms with Crippen LogP contribution in [-0.4, -0.2) is 34.4 Å². The van der Waals surface area contributed by atoms with Crippen LogP contribution in [0.3, 0.4) is 0 Å². The van der Waals surface area contributed by atoms with Gasteiger partial charge < -0.3 is 10.1 Å². The molecule has 0 saturated carbocycles. The fraction of sp³-hybridized carbons (Fsp3) is 0.700. The van der Waals surface area contributed by atoms with Gasteiger partial charge in [-0.25, -0.2) is 0 Å². The third-order valence-corrected chi connectivity index (χ3v) is 1.96. The maximum atomic E-state index is 5.34. The summed E-state index contributed by atoms with van der Waals surface area (Å²) in [5, 5.41) is 11.0. The van der Waals surface area contributed by atoms with Crippen molar-refractivity contribution in [2.24, 2.45) is 0 Å². The normalized spacial score (nSPS) is 10.7. The molecule has 1 heterocycles. The van der Waals surface area contributed by atoms with Crippen LogP contribution >= 0.6 is 0 Å². The molecule has 1 N–H and O–H groups in total. The van der Waals surface area contributed by atoms with Crippen molar-refractivity contribution in [1.82, 2.24) is 20.5 Å². The first-order chi connectivity index (χ1) is 7.09. The predicted octanol–water partition coefficient (Wildman–Crippen LogP) is 0.865. The van der Waals surface area contributed by atoms with Gasteiger partial charge >= 0.3 is 6.01 Å². The van der Waals surface area contributed by atoms with E-state index in [1.165, 1.54) is 0 Å². The van der Waals surface area contributed by atoms with Gasteiger partial charge in [-0.3, -0.25) is 0 Å². The van der Waals surface area contributed by atoms with Gasteiger partial charge in [0.1, 0.15) is 6.61 Å². The summed E-state index contributed by atoms with van der Waals surface area (Å²) in [5.41, 5.74) is 1.69. The van der Waals surface area contributed by atoms with Crippen LogP contribution < -0.4 is 10.1 Å². The van der Waals surface area contributed by atoms with Crippen molar-refractivity contribution in [3.05, 3.63) is 11.4 Å². The maximum Gasteiger partial charge on any atom is 0.335 e. The lowest BCUT2D eigenvalue weighted by molar-refractivity contribution is 0.281. The molecule has 1 aromatic rings. The van der Waals surface area contributed by atoms with E-state index in [9.17, 15) is 0 Å². The molecule has 84 valence electrons. The lowest BCUT2D eigenvalue weighted by Crippen LogP contribution is -2.27. The summed E-state index contributed by atoms with van der Waals surface area (Å²) < 4.78 is 5.34. The summed E-state index contributed by atoms with van der Waals surface area (Å²) in [6, 6.07) is 0.816. The highest BCUT2D eigenvalue weighted by Crippen LogP contribution is 2.03. The van der Waals surface area contributed by atoms with Gasteiger partial charge in [0.05, 0.1) is 11.4 Å². The van der Waals surface area contributed by atoms with E-state index in [0.29, 0.717) is 18.7 Å². The molecule has 5 nitrogen and oxygen atoms in total. The zero-order chi connectivity index (χ0) is 11.3. The Morgan fingerprint density at radius 2 is 1.93 bits per heavy atom. The summed E-state index contributed by atoms with van der Waals surface area (Å²) in [6.45, 7) is 9.29. The Bertz CT molecular complexity index is 314. The van der Waals surface area contributed by atoms with Crippen molar-refractivity contribution in [3.8, 4) is 6.01 Å². The van der Waals surface area contributed by atoms with Crippen LogP contribution in [0, 0.1) is 13.8 Å². The SMILES string of the molecule is Cc1nnc(OCCNC(C)C)nc1C. The lowest BCUT2D eigenvalue weighted by Gasteiger charge is -2.08. The Balaban J connectivity index is 2.35. The molecule has 0 unspecified atom stereocenters. The molecule has 0 saturated heterocycles. The van der Waals surface area contributed by atoms with E-state index in [1.54, 1.807) is 0 Å². The molecule has 1 aromatic heterocycles. The van der Waals surface area contributed by atoms with Crippen LogP contribution in [0.1, 0.15) is 25.2 Å². The van der Waals surface area contributed by atoms with E-state index in [2.05, 4.69) is 34.3 Å². The number of nitrogens with zero attached hydrogens (tertiary/aromatic N) is 3. The second-order valence-corrected chi connectivity index (χ2v) is 3.72. The summed E-state index contributed by atoms with van der Waals surface area (Å²) in [7, 11) is 0. The number of nitrogens with one attached hydrogen (secondary N) is 1. The van der Waals surface area contributed by atoms with Gasteiger partial charge in [0.25, 0.3) is 0 Å². The highest BCUT2D eigenvalue weighted by atomic mass is 16.5. The molecule has 0 aliphatic rings. The monoisotopic (exact) mass is 210 g/mol. The minimum atomic E-state index is 0.351. The summed E-state index contributed by atoms with van der Waals surface area (Å²) in [5.74, 6) is 0. The fourth-order valence-electron chi connectivity index (χ4n) is 0.988. The van der Waals surface area contributed by atoms with Gasteiger partial charge in [-0.2, -0.15) is 4.98 Å². The standard InChI is InChI=1S/C10H18N4O/c1-7(2)11-5-6-15-10-12-8(3)9(4)13-14-10/h7,11H,5-6H2,1-4H3. The first-order valence-corrected chi connectivity index (χ1v) is 5.13. The molecular weight excluding hydrogens is 192 g/mol. The topological polar surface area (TPSA) is 59.9 Å². The minimum absolute atomic E-state index is 0.351. The first kappa shape index (κ1) is 11.8. The van der Waals surface area contributed by atoms with Gasteiger partial charge in [0.15, 0.2) is 0 Å². The smallest absolute Gasteiger partial charge is 0.335 e. The maximum absolute atomic E-state index is 5.34. The summed E-state index contributed by atoms with van der Waals surface area (Å²) in [6.07, 6.45) is 0. The van der Waals surface area contributed by atoms with E-state index in [-0.39, 0.29) is 0 Å². The lowest BCUT2D eigenvalue weighted by atomic mass is 10.4. The molecule has 0 aliphatic carbocycles. The molecular formula is C10H18N4O. The molecule has 5 heteroatoms. The Hall–Kier alpha value is -1.23. The van der Waals surface area contributed by atoms with E-state index < -0.39 is 0 Å². The van der Waals surface area contributed by atoms with Crippen LogP contribution in [-0.2, 0) is 0 Å². The van der Waals surface area contributed by atoms with Crippen molar-refractivity contribution in [2.45, 2.75) is 33.7 Å². The van der Waals surface area contributed by atoms with Crippen LogP contribution in [0.2, 0.25) is 0 Å². The van der Waals surface area contributed by atoms with E-state index >= 15 is 0 Å². The van der Waals surface area contributed by atoms with Gasteiger partial charge in [-0.15, -0.1) is 5.10 Å². The molecule has 0 aliphatic heterocycles. The molecule has 0 fully saturated rings. The molecule has 0 radical (unpaired) electrons. The van der Waals surface area contributed by atoms with Crippen molar-refractivity contribution in [1.29, 1.82) is 0 Å². The van der Waals surface area contributed by atoms with Crippen molar-refractivity contribution in [3.63, 3.8) is 0 Å². The highest BCUT2D eigenvalue weighted by molar-refractivity contribution is 5.07. The van der Waals surface area contributed by atoms with Crippen LogP contribution in [0.25, 0.3) is 0 Å². The van der Waals surface area contributed by atoms with Gasteiger partial charge in [-0.05, 0) is 13.8 Å². The Morgan fingerprint density at radius 1 is 1.20 bits per heavy atom. The summed E-state index contributed by atoms with van der Waals surface area (Å²) >= 11 is 0. The number of hydrogen-bond acceptors (Lipinski definition) is 5. The van der Waals surface area contributed by atoms with Gasteiger partial charge in [0.2, 0.25) is 0 Å². The van der Waals surface area contributed by atoms with Crippen LogP contribution in [0.15, 0.2) is 0 Å². The molecule has 0 bridgehead atoms. The van der Waals surface area contributed by atoms with Gasteiger partial charge in [-0.1, -0.05) is 18.9 Å². The largest absolute Gasteiger partial charge is 0.461 e. The fourth-order valence-corrected chi connectivity index (χ4v) is 0.988. The molecule has 0 spiro atoms. The van der Waals surface area contributed by atoms with Crippen molar-refractivity contribution >= 4 is 0 Å². The first-order valence-electron chi connectivity index (χ1n) is 5.13. The molecule has 0 atom stereocenters. The Labute approximate surface area is 90.3 Å². The molecule has 0 amide bonds. The number of rotatable bonds is 5. The minimum Gasteiger partial charge on any atom is -0.461 e. The number of hydrogen-bond donors (Lipinski definition) is 1. The summed E-state index contributed by atoms with van der Waals surface area (Å²) in [4.78, 5) is 4.17. The predicted molar refractivity (Wildman–Crippen MR) is 57.9 cm³/mol. The second kappa shape index (κ2) is 5.60. The Kier molecular flexibility index (Phi) is 4.42. The van der Waals surface area contributed by atoms with E-state index in [1.807, 2.05) is 13.8 Å². The van der Waals surface area contributed by atoms with Crippen molar-refractivity contribution in [2.75, 3.05) is 13.2 Å². The van der Waals surface area contributed by atoms with Crippen LogP contribution in [0.4, 0.5) is 0 Å². The number of ether oxygens (including phenoxy) is 1. The zero-order valence-corrected chi connectivity index (χ0v) is 9.74. The quantitative estimate of drug-likeness (QED) is 0.731. The third kappa shape index (κ3) is 4.20. The molecule has 0 aromatic carbocycles. The Morgan fingerprint density at radius 3 is 2.53 bits per heavy atom. The van der Waals surface area contributed by atoms with E-state index in [0.717, 1.165) is 17.9 Å². The molecule has 1 rings (SSSR count). The number of aryl methyl sites for hydroxylation is 2. The average molecular weight is 210 g/mol. The third-order valence-electron chi connectivity index (χ3n) is 1.96. The van der Waals surface area contributed by atoms with Crippen molar-refractivity contribution < 1.29 is 4.74 Å². The average Bonchev–Trinajstić information content (AvgIpc) is 2.18. The molecule has 15 heavy (non-hydrogen) atoms.